The largest absolute Gasteiger partial charge is 0.379 e. The van der Waals surface area contributed by atoms with E-state index in [4.69, 9.17) is 9.72 Å². The van der Waals surface area contributed by atoms with E-state index < -0.39 is 0 Å². The molecule has 36 heavy (non-hydrogen) atoms. The standard InChI is InChI=1S/C29H36N4O2S/c1-20-18-33(29(34)31-22-4-2-3-5-22)11-10-24(20)25-7-8-27-26(25)16-21(17-30-27)28-9-6-23(36-28)19-32-12-14-35-15-13-32/h6-7,9,16-17,22H,2-5,8,10-15,18-19H2,1H3,(H,31,34). The number of hydrogen-bond donors (Lipinski definition) is 1. The molecule has 190 valence electrons. The van der Waals surface area contributed by atoms with Crippen LogP contribution in [0.2, 0.25) is 0 Å². The maximum atomic E-state index is 12.8. The summed E-state index contributed by atoms with van der Waals surface area (Å²) >= 11 is 1.87. The Labute approximate surface area is 218 Å². The first-order chi connectivity index (χ1) is 17.6. The third kappa shape index (κ3) is 5.01. The summed E-state index contributed by atoms with van der Waals surface area (Å²) < 4.78 is 5.49. The average Bonchev–Trinajstić information content (AvgIpc) is 3.66. The van der Waals surface area contributed by atoms with Gasteiger partial charge in [0.05, 0.1) is 18.9 Å². The zero-order valence-electron chi connectivity index (χ0n) is 21.2. The van der Waals surface area contributed by atoms with E-state index in [0.29, 0.717) is 12.6 Å². The second-order valence-corrected chi connectivity index (χ2v) is 11.7. The van der Waals surface area contributed by atoms with E-state index in [2.05, 4.69) is 41.4 Å². The average molecular weight is 505 g/mol. The summed E-state index contributed by atoms with van der Waals surface area (Å²) in [5.41, 5.74) is 7.67. The van der Waals surface area contributed by atoms with Crippen LogP contribution in [-0.4, -0.2) is 66.2 Å². The van der Waals surface area contributed by atoms with Gasteiger partial charge in [-0.2, -0.15) is 0 Å². The zero-order valence-corrected chi connectivity index (χ0v) is 22.0. The maximum Gasteiger partial charge on any atom is 0.317 e. The van der Waals surface area contributed by atoms with Crippen molar-refractivity contribution in [1.29, 1.82) is 0 Å². The quantitative estimate of drug-likeness (QED) is 0.604. The molecule has 0 unspecified atom stereocenters. The molecule has 2 amide bonds. The minimum Gasteiger partial charge on any atom is -0.379 e. The summed E-state index contributed by atoms with van der Waals surface area (Å²) in [5.74, 6) is 0. The highest BCUT2D eigenvalue weighted by molar-refractivity contribution is 7.15. The number of aromatic nitrogens is 1. The molecule has 6 rings (SSSR count). The Morgan fingerprint density at radius 1 is 1.19 bits per heavy atom. The number of carbonyl (C=O) groups excluding carboxylic acids is 1. The van der Waals surface area contributed by atoms with Crippen molar-refractivity contribution in [3.05, 3.63) is 57.8 Å². The Morgan fingerprint density at radius 2 is 2.03 bits per heavy atom. The molecule has 0 bridgehead atoms. The minimum absolute atomic E-state index is 0.107. The molecule has 4 aliphatic rings. The molecule has 2 aliphatic heterocycles. The lowest BCUT2D eigenvalue weighted by Crippen LogP contribution is -2.46. The SMILES string of the molecule is CC1=C(C2=CCc3ncc(-c4ccc(CN5CCOCC5)s4)cc32)CCN(C(=O)NC2CCCC2)C1. The smallest absolute Gasteiger partial charge is 0.317 e. The van der Waals surface area contributed by atoms with Crippen LogP contribution in [0.1, 0.15) is 55.2 Å². The molecule has 0 aromatic carbocycles. The molecule has 7 heteroatoms. The fraction of sp³-hybridized carbons (Fsp3) is 0.517. The van der Waals surface area contributed by atoms with Crippen molar-refractivity contribution >= 4 is 22.9 Å². The number of allylic oxidation sites excluding steroid dienone is 2. The Hall–Kier alpha value is -2.48. The summed E-state index contributed by atoms with van der Waals surface area (Å²) in [6.45, 7) is 8.36. The molecule has 4 heterocycles. The monoisotopic (exact) mass is 504 g/mol. The maximum absolute atomic E-state index is 12.8. The van der Waals surface area contributed by atoms with E-state index in [9.17, 15) is 4.79 Å². The van der Waals surface area contributed by atoms with E-state index >= 15 is 0 Å². The summed E-state index contributed by atoms with van der Waals surface area (Å²) in [7, 11) is 0. The van der Waals surface area contributed by atoms with Crippen molar-refractivity contribution in [2.24, 2.45) is 0 Å². The molecular formula is C29H36N4O2S. The first-order valence-corrected chi connectivity index (χ1v) is 14.3. The Balaban J connectivity index is 1.16. The van der Waals surface area contributed by atoms with Crippen LogP contribution in [0.5, 0.6) is 0 Å². The van der Waals surface area contributed by atoms with Gasteiger partial charge in [-0.15, -0.1) is 11.3 Å². The third-order valence-electron chi connectivity index (χ3n) is 8.06. The molecule has 6 nitrogen and oxygen atoms in total. The van der Waals surface area contributed by atoms with Gasteiger partial charge in [-0.3, -0.25) is 9.88 Å². The van der Waals surface area contributed by atoms with Gasteiger partial charge >= 0.3 is 6.03 Å². The van der Waals surface area contributed by atoms with Crippen LogP contribution in [0.15, 0.2) is 41.6 Å². The third-order valence-corrected chi connectivity index (χ3v) is 9.18. The highest BCUT2D eigenvalue weighted by Gasteiger charge is 2.28. The molecule has 2 aromatic rings. The van der Waals surface area contributed by atoms with Gasteiger partial charge in [0.1, 0.15) is 0 Å². The van der Waals surface area contributed by atoms with Crippen molar-refractivity contribution in [1.82, 2.24) is 20.1 Å². The number of carbonyl (C=O) groups is 1. The lowest BCUT2D eigenvalue weighted by atomic mass is 9.91. The van der Waals surface area contributed by atoms with Crippen LogP contribution in [0.25, 0.3) is 16.0 Å². The van der Waals surface area contributed by atoms with Crippen LogP contribution in [-0.2, 0) is 17.7 Å². The molecule has 2 aromatic heterocycles. The molecule has 1 N–H and O–H groups in total. The minimum atomic E-state index is 0.107. The molecule has 0 spiro atoms. The van der Waals surface area contributed by atoms with Gasteiger partial charge in [-0.1, -0.05) is 24.5 Å². The molecule has 2 aliphatic carbocycles. The van der Waals surface area contributed by atoms with Crippen molar-refractivity contribution < 1.29 is 9.53 Å². The normalized spacial score (nSPS) is 21.1. The van der Waals surface area contributed by atoms with Crippen LogP contribution >= 0.6 is 11.3 Å². The lowest BCUT2D eigenvalue weighted by molar-refractivity contribution is 0.0346. The summed E-state index contributed by atoms with van der Waals surface area (Å²) in [6, 6.07) is 7.32. The number of thiophene rings is 1. The van der Waals surface area contributed by atoms with Crippen molar-refractivity contribution in [2.75, 3.05) is 39.4 Å². The molecule has 2 fully saturated rings. The number of urea groups is 1. The Bertz CT molecular complexity index is 1190. The predicted octanol–water partition coefficient (Wildman–Crippen LogP) is 5.26. The molecule has 1 saturated carbocycles. The predicted molar refractivity (Wildman–Crippen MR) is 145 cm³/mol. The van der Waals surface area contributed by atoms with Crippen LogP contribution < -0.4 is 5.32 Å². The number of morpholine rings is 1. The zero-order chi connectivity index (χ0) is 24.5. The lowest BCUT2D eigenvalue weighted by Gasteiger charge is -2.31. The van der Waals surface area contributed by atoms with E-state index in [1.165, 1.54) is 56.1 Å². The van der Waals surface area contributed by atoms with E-state index in [-0.39, 0.29) is 6.03 Å². The Morgan fingerprint density at radius 3 is 2.83 bits per heavy atom. The first-order valence-electron chi connectivity index (χ1n) is 13.5. The van der Waals surface area contributed by atoms with Gasteiger partial charge in [0.25, 0.3) is 0 Å². The van der Waals surface area contributed by atoms with E-state index in [1.54, 1.807) is 0 Å². The fourth-order valence-electron chi connectivity index (χ4n) is 6.01. The highest BCUT2D eigenvalue weighted by atomic mass is 32.1. The van der Waals surface area contributed by atoms with Crippen LogP contribution in [0.3, 0.4) is 0 Å². The van der Waals surface area contributed by atoms with Gasteiger partial charge in [0.15, 0.2) is 0 Å². The van der Waals surface area contributed by atoms with Crippen molar-refractivity contribution in [3.8, 4) is 10.4 Å². The van der Waals surface area contributed by atoms with Gasteiger partial charge < -0.3 is 15.0 Å². The number of hydrogen-bond acceptors (Lipinski definition) is 5. The fourth-order valence-corrected chi connectivity index (χ4v) is 7.04. The highest BCUT2D eigenvalue weighted by Crippen LogP contribution is 2.39. The molecule has 1 saturated heterocycles. The topological polar surface area (TPSA) is 57.7 Å². The number of rotatable bonds is 5. The number of nitrogens with one attached hydrogen (secondary N) is 1. The number of ether oxygens (including phenoxy) is 1. The second-order valence-electron chi connectivity index (χ2n) is 10.6. The van der Waals surface area contributed by atoms with Gasteiger partial charge in [-0.05, 0) is 55.5 Å². The molecular weight excluding hydrogens is 468 g/mol. The van der Waals surface area contributed by atoms with Crippen molar-refractivity contribution in [2.45, 2.75) is 58.0 Å². The molecule has 0 radical (unpaired) electrons. The number of fused-ring (bicyclic) bond motifs is 1. The van der Waals surface area contributed by atoms with Crippen LogP contribution in [0, 0.1) is 0 Å². The molecule has 0 atom stereocenters. The summed E-state index contributed by atoms with van der Waals surface area (Å²) in [4.78, 5) is 24.8. The number of amides is 2. The number of pyridine rings is 1. The van der Waals surface area contributed by atoms with Crippen molar-refractivity contribution in [3.63, 3.8) is 0 Å². The van der Waals surface area contributed by atoms with E-state index in [0.717, 1.165) is 65.1 Å². The first kappa shape index (κ1) is 23.9. The van der Waals surface area contributed by atoms with Gasteiger partial charge in [-0.25, -0.2) is 4.79 Å². The second kappa shape index (κ2) is 10.5. The Kier molecular flexibility index (Phi) is 6.96. The summed E-state index contributed by atoms with van der Waals surface area (Å²) in [5, 5.41) is 3.25. The number of nitrogens with zero attached hydrogens (tertiary/aromatic N) is 3. The van der Waals surface area contributed by atoms with Crippen LogP contribution in [0.4, 0.5) is 4.79 Å². The van der Waals surface area contributed by atoms with Gasteiger partial charge in [0.2, 0.25) is 0 Å². The van der Waals surface area contributed by atoms with Gasteiger partial charge in [0, 0.05) is 72.3 Å². The van der Waals surface area contributed by atoms with E-state index in [1.807, 2.05) is 22.4 Å². The summed E-state index contributed by atoms with van der Waals surface area (Å²) in [6.07, 6.45) is 10.9.